The van der Waals surface area contributed by atoms with Gasteiger partial charge in [0.05, 0.1) is 18.0 Å². The predicted octanol–water partition coefficient (Wildman–Crippen LogP) is 0.840. The molecule has 0 aliphatic rings. The molecule has 0 saturated carbocycles. The quantitative estimate of drug-likeness (QED) is 0.785. The van der Waals surface area contributed by atoms with E-state index in [1.54, 1.807) is 19.2 Å². The molecule has 0 bridgehead atoms. The molecule has 0 spiro atoms. The van der Waals surface area contributed by atoms with Crippen molar-refractivity contribution < 1.29 is 5.11 Å². The number of benzene rings is 1. The van der Waals surface area contributed by atoms with Crippen LogP contribution in [0.3, 0.4) is 0 Å². The molecule has 1 aromatic heterocycles. The van der Waals surface area contributed by atoms with Gasteiger partial charge >= 0.3 is 0 Å². The summed E-state index contributed by atoms with van der Waals surface area (Å²) < 4.78 is 1.45. The first-order valence-corrected chi connectivity index (χ1v) is 5.01. The molecular weight excluding hydrogens is 206 g/mol. The number of phenols is 1. The van der Waals surface area contributed by atoms with Gasteiger partial charge < -0.3 is 10.4 Å². The summed E-state index contributed by atoms with van der Waals surface area (Å²) in [5, 5.41) is 12.9. The summed E-state index contributed by atoms with van der Waals surface area (Å²) in [6, 6.07) is 4.85. The number of nitrogens with one attached hydrogen (secondary N) is 1. The van der Waals surface area contributed by atoms with Crippen LogP contribution in [0.15, 0.2) is 29.3 Å². The van der Waals surface area contributed by atoms with Crippen LogP contribution >= 0.6 is 0 Å². The van der Waals surface area contributed by atoms with Gasteiger partial charge in [-0.2, -0.15) is 0 Å². The first kappa shape index (κ1) is 10.6. The Hall–Kier alpha value is -1.88. The van der Waals surface area contributed by atoms with Crippen molar-refractivity contribution >= 4 is 10.9 Å². The highest BCUT2D eigenvalue weighted by molar-refractivity contribution is 5.83. The van der Waals surface area contributed by atoms with Gasteiger partial charge in [-0.1, -0.05) is 6.07 Å². The molecule has 0 aliphatic heterocycles. The topological polar surface area (TPSA) is 67.2 Å². The molecule has 16 heavy (non-hydrogen) atoms. The number of aromatic nitrogens is 2. The van der Waals surface area contributed by atoms with E-state index < -0.39 is 0 Å². The van der Waals surface area contributed by atoms with Crippen molar-refractivity contribution in [3.8, 4) is 5.75 Å². The second kappa shape index (κ2) is 3.94. The lowest BCUT2D eigenvalue weighted by Crippen LogP contribution is -2.30. The fraction of sp³-hybridized carbons (Fsp3) is 0.273. The van der Waals surface area contributed by atoms with E-state index in [2.05, 4.69) is 10.3 Å². The zero-order valence-electron chi connectivity index (χ0n) is 9.14. The van der Waals surface area contributed by atoms with E-state index in [0.717, 1.165) is 0 Å². The molecule has 0 fully saturated rings. The van der Waals surface area contributed by atoms with Crippen molar-refractivity contribution in [2.24, 2.45) is 0 Å². The molecule has 1 atom stereocenters. The van der Waals surface area contributed by atoms with Gasteiger partial charge in [-0.3, -0.25) is 9.36 Å². The zero-order chi connectivity index (χ0) is 11.7. The summed E-state index contributed by atoms with van der Waals surface area (Å²) in [4.78, 5) is 16.2. The minimum Gasteiger partial charge on any atom is -0.507 e. The molecular formula is C11H13N3O2. The molecule has 2 N–H and O–H groups in total. The average molecular weight is 219 g/mol. The van der Waals surface area contributed by atoms with Gasteiger partial charge in [0.1, 0.15) is 11.1 Å². The Morgan fingerprint density at radius 3 is 2.94 bits per heavy atom. The third-order valence-electron chi connectivity index (χ3n) is 2.63. The van der Waals surface area contributed by atoms with E-state index in [0.29, 0.717) is 5.52 Å². The van der Waals surface area contributed by atoms with E-state index in [1.165, 1.54) is 17.0 Å². The lowest BCUT2D eigenvalue weighted by molar-refractivity contribution is 0.456. The third-order valence-corrected chi connectivity index (χ3v) is 2.63. The summed E-state index contributed by atoms with van der Waals surface area (Å²) in [7, 11) is 1.76. The molecule has 1 heterocycles. The number of nitrogens with zero attached hydrogens (tertiary/aromatic N) is 2. The number of phenolic OH excluding ortho intramolecular Hbond substituents is 1. The first-order valence-electron chi connectivity index (χ1n) is 5.01. The standard InChI is InChI=1S/C11H13N3O2/c1-7(12-2)14-6-13-8-4-3-5-9(15)10(8)11(14)16/h3-7,12,15H,1-2H3. The number of hydrogen-bond acceptors (Lipinski definition) is 4. The highest BCUT2D eigenvalue weighted by atomic mass is 16.3. The fourth-order valence-electron chi connectivity index (χ4n) is 1.58. The Morgan fingerprint density at radius 2 is 2.25 bits per heavy atom. The van der Waals surface area contributed by atoms with Crippen LogP contribution in [0.25, 0.3) is 10.9 Å². The Balaban J connectivity index is 2.79. The molecule has 5 heteroatoms. The summed E-state index contributed by atoms with van der Waals surface area (Å²) in [6.07, 6.45) is 1.31. The molecule has 1 unspecified atom stereocenters. The summed E-state index contributed by atoms with van der Waals surface area (Å²) >= 11 is 0. The van der Waals surface area contributed by atoms with Crippen molar-refractivity contribution in [2.75, 3.05) is 7.05 Å². The van der Waals surface area contributed by atoms with Crippen molar-refractivity contribution in [2.45, 2.75) is 13.1 Å². The van der Waals surface area contributed by atoms with Gasteiger partial charge in [-0.15, -0.1) is 0 Å². The minimum atomic E-state index is -0.245. The molecule has 2 aromatic rings. The minimum absolute atomic E-state index is 0.0346. The van der Waals surface area contributed by atoms with E-state index in [9.17, 15) is 9.90 Å². The molecule has 1 aromatic carbocycles. The normalized spacial score (nSPS) is 12.9. The van der Waals surface area contributed by atoms with Gasteiger partial charge in [0.25, 0.3) is 5.56 Å². The van der Waals surface area contributed by atoms with Crippen molar-refractivity contribution in [1.29, 1.82) is 0 Å². The number of aromatic hydroxyl groups is 1. The fourth-order valence-corrected chi connectivity index (χ4v) is 1.58. The van der Waals surface area contributed by atoms with E-state index >= 15 is 0 Å². The van der Waals surface area contributed by atoms with Gasteiger partial charge in [-0.25, -0.2) is 4.98 Å². The third kappa shape index (κ3) is 1.55. The molecule has 84 valence electrons. The molecule has 2 rings (SSSR count). The predicted molar refractivity (Wildman–Crippen MR) is 61.4 cm³/mol. The van der Waals surface area contributed by atoms with Gasteiger partial charge in [0.2, 0.25) is 0 Å². The number of hydrogen-bond donors (Lipinski definition) is 2. The molecule has 5 nitrogen and oxygen atoms in total. The van der Waals surface area contributed by atoms with Crippen LogP contribution in [0.2, 0.25) is 0 Å². The molecule has 0 radical (unpaired) electrons. The number of fused-ring (bicyclic) bond motifs is 1. The van der Waals surface area contributed by atoms with E-state index in [4.69, 9.17) is 0 Å². The zero-order valence-corrected chi connectivity index (χ0v) is 9.14. The average Bonchev–Trinajstić information content (AvgIpc) is 2.28. The molecule has 0 saturated heterocycles. The SMILES string of the molecule is CNC(C)n1cnc2cccc(O)c2c1=O. The molecule has 0 amide bonds. The van der Waals surface area contributed by atoms with Gasteiger partial charge in [0, 0.05) is 0 Å². The van der Waals surface area contributed by atoms with Crippen LogP contribution in [0.1, 0.15) is 13.1 Å². The van der Waals surface area contributed by atoms with Crippen molar-refractivity contribution in [3.05, 3.63) is 34.9 Å². The second-order valence-electron chi connectivity index (χ2n) is 3.59. The Labute approximate surface area is 92.4 Å². The van der Waals surface area contributed by atoms with Crippen LogP contribution in [0.4, 0.5) is 0 Å². The summed E-state index contributed by atoms with van der Waals surface area (Å²) in [6.45, 7) is 1.84. The Kier molecular flexibility index (Phi) is 2.62. The van der Waals surface area contributed by atoms with E-state index in [-0.39, 0.29) is 22.9 Å². The second-order valence-corrected chi connectivity index (χ2v) is 3.59. The summed E-state index contributed by atoms with van der Waals surface area (Å²) in [5.41, 5.74) is 0.259. The summed E-state index contributed by atoms with van der Waals surface area (Å²) in [5.74, 6) is -0.0346. The Bertz CT molecular complexity index is 577. The largest absolute Gasteiger partial charge is 0.507 e. The van der Waals surface area contributed by atoms with E-state index in [1.807, 2.05) is 6.92 Å². The maximum Gasteiger partial charge on any atom is 0.266 e. The molecule has 0 aliphatic carbocycles. The van der Waals surface area contributed by atoms with Crippen molar-refractivity contribution in [3.63, 3.8) is 0 Å². The smallest absolute Gasteiger partial charge is 0.266 e. The van der Waals surface area contributed by atoms with Crippen LogP contribution < -0.4 is 10.9 Å². The monoisotopic (exact) mass is 219 g/mol. The first-order chi connectivity index (χ1) is 7.65. The van der Waals surface area contributed by atoms with Crippen LogP contribution in [-0.4, -0.2) is 21.7 Å². The highest BCUT2D eigenvalue weighted by Gasteiger charge is 2.10. The highest BCUT2D eigenvalue weighted by Crippen LogP contribution is 2.18. The van der Waals surface area contributed by atoms with Crippen molar-refractivity contribution in [1.82, 2.24) is 14.9 Å². The van der Waals surface area contributed by atoms with Gasteiger partial charge in [0.15, 0.2) is 0 Å². The maximum atomic E-state index is 12.1. The lowest BCUT2D eigenvalue weighted by atomic mass is 10.2. The Morgan fingerprint density at radius 1 is 1.50 bits per heavy atom. The van der Waals surface area contributed by atoms with Gasteiger partial charge in [-0.05, 0) is 26.1 Å². The van der Waals surface area contributed by atoms with Crippen LogP contribution in [0, 0.1) is 0 Å². The lowest BCUT2D eigenvalue weighted by Gasteiger charge is -2.14. The van der Waals surface area contributed by atoms with Crippen LogP contribution in [0.5, 0.6) is 5.75 Å². The number of rotatable bonds is 2. The van der Waals surface area contributed by atoms with Crippen LogP contribution in [-0.2, 0) is 0 Å². The maximum absolute atomic E-state index is 12.1.